The normalized spacial score (nSPS) is 11.5. The molecular weight excluding hydrogens is 410 g/mol. The van der Waals surface area contributed by atoms with Gasteiger partial charge in [0.15, 0.2) is 11.2 Å². The van der Waals surface area contributed by atoms with Crippen LogP contribution >= 0.6 is 11.6 Å². The molecule has 0 saturated heterocycles. The number of hydrogen-bond acceptors (Lipinski definition) is 5. The number of imidazole rings is 2. The Kier molecular flexibility index (Phi) is 4.77. The molecule has 3 aromatic heterocycles. The van der Waals surface area contributed by atoms with Gasteiger partial charge in [-0.15, -0.1) is 0 Å². The number of ether oxygens (including phenoxy) is 1. The topological polar surface area (TPSA) is 92.5 Å². The number of aryl methyl sites for hydroxylation is 3. The molecule has 30 heavy (non-hydrogen) atoms. The number of benzene rings is 1. The summed E-state index contributed by atoms with van der Waals surface area (Å²) < 4.78 is 10.5. The fourth-order valence-electron chi connectivity index (χ4n) is 3.53. The van der Waals surface area contributed by atoms with E-state index < -0.39 is 23.8 Å². The average Bonchev–Trinajstić information content (AvgIpc) is 3.20. The Morgan fingerprint density at radius 2 is 1.97 bits per heavy atom. The molecule has 0 radical (unpaired) electrons. The molecule has 0 saturated carbocycles. The average molecular weight is 430 g/mol. The number of nitrogens with zero attached hydrogens (tertiary/aromatic N) is 5. The Labute approximate surface area is 175 Å². The minimum Gasteiger partial charge on any atom is -0.465 e. The van der Waals surface area contributed by atoms with Crippen LogP contribution in [0.1, 0.15) is 18.2 Å². The van der Waals surface area contributed by atoms with Gasteiger partial charge in [0, 0.05) is 24.0 Å². The van der Waals surface area contributed by atoms with Crippen molar-refractivity contribution in [3.63, 3.8) is 0 Å². The Morgan fingerprint density at radius 3 is 2.63 bits per heavy atom. The zero-order valence-electron chi connectivity index (χ0n) is 17.0. The van der Waals surface area contributed by atoms with Gasteiger partial charge in [-0.3, -0.25) is 23.1 Å². The summed E-state index contributed by atoms with van der Waals surface area (Å²) in [6.07, 6.45) is 1.76. The van der Waals surface area contributed by atoms with Crippen molar-refractivity contribution in [2.75, 3.05) is 6.61 Å². The number of rotatable bonds is 4. The van der Waals surface area contributed by atoms with Crippen LogP contribution in [-0.4, -0.2) is 35.7 Å². The highest BCUT2D eigenvalue weighted by atomic mass is 35.5. The monoisotopic (exact) mass is 429 g/mol. The van der Waals surface area contributed by atoms with Crippen LogP contribution in [0.4, 0.5) is 0 Å². The van der Waals surface area contributed by atoms with Gasteiger partial charge >= 0.3 is 11.7 Å². The quantitative estimate of drug-likeness (QED) is 0.462. The molecule has 4 aromatic rings. The van der Waals surface area contributed by atoms with E-state index in [0.29, 0.717) is 10.8 Å². The minimum atomic E-state index is -0.653. The maximum atomic E-state index is 13.1. The van der Waals surface area contributed by atoms with E-state index in [0.717, 1.165) is 21.5 Å². The van der Waals surface area contributed by atoms with Crippen molar-refractivity contribution in [1.82, 2.24) is 23.1 Å². The summed E-state index contributed by atoms with van der Waals surface area (Å²) in [5.41, 5.74) is 1.74. The van der Waals surface area contributed by atoms with Gasteiger partial charge in [-0.05, 0) is 38.5 Å². The molecule has 0 amide bonds. The first-order valence-electron chi connectivity index (χ1n) is 9.36. The predicted octanol–water partition coefficient (Wildman–Crippen LogP) is 1.97. The van der Waals surface area contributed by atoms with Gasteiger partial charge in [0.25, 0.3) is 5.56 Å². The van der Waals surface area contributed by atoms with Gasteiger partial charge in [0.05, 0.1) is 12.3 Å². The zero-order chi connectivity index (χ0) is 21.7. The smallest absolute Gasteiger partial charge is 0.333 e. The van der Waals surface area contributed by atoms with E-state index in [1.54, 1.807) is 17.5 Å². The third kappa shape index (κ3) is 2.93. The number of halogens is 1. The first-order valence-corrected chi connectivity index (χ1v) is 9.74. The van der Waals surface area contributed by atoms with Crippen molar-refractivity contribution < 1.29 is 9.53 Å². The Balaban J connectivity index is 2.02. The summed E-state index contributed by atoms with van der Waals surface area (Å²) in [5, 5.41) is 0.610. The van der Waals surface area contributed by atoms with Crippen LogP contribution in [0.5, 0.6) is 0 Å². The number of carbonyl (C=O) groups is 1. The summed E-state index contributed by atoms with van der Waals surface area (Å²) in [5.74, 6) is -0.191. The van der Waals surface area contributed by atoms with Crippen molar-refractivity contribution in [3.05, 3.63) is 61.5 Å². The molecule has 0 atom stereocenters. The molecule has 0 fully saturated rings. The highest BCUT2D eigenvalue weighted by molar-refractivity contribution is 6.31. The second-order valence-electron chi connectivity index (χ2n) is 7.03. The Morgan fingerprint density at radius 1 is 1.23 bits per heavy atom. The van der Waals surface area contributed by atoms with Gasteiger partial charge in [-0.25, -0.2) is 9.36 Å². The van der Waals surface area contributed by atoms with Gasteiger partial charge in [-0.1, -0.05) is 17.7 Å². The van der Waals surface area contributed by atoms with E-state index in [1.165, 1.54) is 11.6 Å². The van der Waals surface area contributed by atoms with Crippen molar-refractivity contribution in [2.45, 2.75) is 27.3 Å². The molecule has 0 aliphatic carbocycles. The van der Waals surface area contributed by atoms with E-state index in [-0.39, 0.29) is 17.8 Å². The lowest BCUT2D eigenvalue weighted by atomic mass is 10.2. The second-order valence-corrected chi connectivity index (χ2v) is 7.44. The van der Waals surface area contributed by atoms with Gasteiger partial charge < -0.3 is 4.74 Å². The summed E-state index contributed by atoms with van der Waals surface area (Å²) in [7, 11) is 1.51. The summed E-state index contributed by atoms with van der Waals surface area (Å²) in [4.78, 5) is 42.3. The van der Waals surface area contributed by atoms with Crippen LogP contribution in [0.2, 0.25) is 5.02 Å². The largest absolute Gasteiger partial charge is 0.465 e. The molecule has 156 valence electrons. The van der Waals surface area contributed by atoms with Crippen molar-refractivity contribution in [1.29, 1.82) is 0 Å². The third-order valence-electron chi connectivity index (χ3n) is 5.03. The first kappa shape index (κ1) is 20.0. The fourth-order valence-corrected chi connectivity index (χ4v) is 3.70. The van der Waals surface area contributed by atoms with E-state index in [9.17, 15) is 14.4 Å². The number of carbonyl (C=O) groups excluding carboxylic acids is 1. The molecule has 0 aliphatic heterocycles. The number of fused-ring (bicyclic) bond motifs is 3. The van der Waals surface area contributed by atoms with Crippen molar-refractivity contribution in [3.8, 4) is 5.69 Å². The van der Waals surface area contributed by atoms with Gasteiger partial charge in [0.2, 0.25) is 5.78 Å². The lowest BCUT2D eigenvalue weighted by Gasteiger charge is -2.08. The van der Waals surface area contributed by atoms with E-state index in [4.69, 9.17) is 16.3 Å². The standard InChI is InChI=1S/C20H20ClN5O4/c1-5-30-15(27)10-25-18(28)16-17(23(4)20(25)29)22-19-24(16)9-12(3)26(19)13-7-6-11(2)14(21)8-13/h6-9H,5,10H2,1-4H3. The fraction of sp³-hybridized carbons (Fsp3) is 0.300. The van der Waals surface area contributed by atoms with Crippen LogP contribution < -0.4 is 11.2 Å². The molecule has 0 spiro atoms. The number of hydrogen-bond donors (Lipinski definition) is 0. The maximum Gasteiger partial charge on any atom is 0.333 e. The van der Waals surface area contributed by atoms with Crippen molar-refractivity contribution >= 4 is 34.5 Å². The van der Waals surface area contributed by atoms with E-state index >= 15 is 0 Å². The first-order chi connectivity index (χ1) is 14.2. The summed E-state index contributed by atoms with van der Waals surface area (Å²) in [6, 6.07) is 5.63. The molecule has 0 aliphatic rings. The number of aromatic nitrogens is 5. The lowest BCUT2D eigenvalue weighted by Crippen LogP contribution is -2.41. The lowest BCUT2D eigenvalue weighted by molar-refractivity contribution is -0.143. The van der Waals surface area contributed by atoms with E-state index in [2.05, 4.69) is 4.98 Å². The molecule has 1 aromatic carbocycles. The predicted molar refractivity (Wildman–Crippen MR) is 113 cm³/mol. The molecule has 0 bridgehead atoms. The molecule has 10 heteroatoms. The van der Waals surface area contributed by atoms with Gasteiger partial charge in [-0.2, -0.15) is 4.98 Å². The van der Waals surface area contributed by atoms with Crippen LogP contribution in [0.15, 0.2) is 34.0 Å². The Bertz CT molecular complexity index is 1440. The third-order valence-corrected chi connectivity index (χ3v) is 5.44. The van der Waals surface area contributed by atoms with Crippen LogP contribution in [0.25, 0.3) is 22.6 Å². The Hall–Kier alpha value is -3.33. The zero-order valence-corrected chi connectivity index (χ0v) is 17.7. The highest BCUT2D eigenvalue weighted by Gasteiger charge is 2.22. The van der Waals surface area contributed by atoms with Crippen LogP contribution in [-0.2, 0) is 23.1 Å². The molecular formula is C20H20ClN5O4. The highest BCUT2D eigenvalue weighted by Crippen LogP contribution is 2.24. The molecule has 3 heterocycles. The molecule has 9 nitrogen and oxygen atoms in total. The van der Waals surface area contributed by atoms with Crippen molar-refractivity contribution in [2.24, 2.45) is 7.05 Å². The second kappa shape index (κ2) is 7.17. The van der Waals surface area contributed by atoms with Crippen LogP contribution in [0, 0.1) is 13.8 Å². The summed E-state index contributed by atoms with van der Waals surface area (Å²) >= 11 is 6.30. The maximum absolute atomic E-state index is 13.1. The minimum absolute atomic E-state index is 0.161. The molecule has 4 rings (SSSR count). The molecule has 0 unspecified atom stereocenters. The SMILES string of the molecule is CCOC(=O)Cn1c(=O)c2c(nc3n(-c4ccc(C)c(Cl)c4)c(C)cn23)n(C)c1=O. The summed E-state index contributed by atoms with van der Waals surface area (Å²) in [6.45, 7) is 5.15. The number of esters is 1. The van der Waals surface area contributed by atoms with Gasteiger partial charge in [0.1, 0.15) is 6.54 Å². The van der Waals surface area contributed by atoms with E-state index in [1.807, 2.05) is 36.6 Å². The molecule has 0 N–H and O–H groups in total. The van der Waals surface area contributed by atoms with Crippen LogP contribution in [0.3, 0.4) is 0 Å².